The number of aromatic nitrogens is 2. The third-order valence-electron chi connectivity index (χ3n) is 3.91. The van der Waals surface area contributed by atoms with Crippen molar-refractivity contribution in [3.8, 4) is 6.07 Å². The average Bonchev–Trinajstić information content (AvgIpc) is 3.24. The van der Waals surface area contributed by atoms with Crippen LogP contribution in [-0.4, -0.2) is 15.0 Å². The third kappa shape index (κ3) is 3.01. The van der Waals surface area contributed by atoms with Crippen molar-refractivity contribution in [2.75, 3.05) is 0 Å². The summed E-state index contributed by atoms with van der Waals surface area (Å²) in [5.74, 6) is 0.0624. The molecule has 0 aromatic carbocycles. The quantitative estimate of drug-likeness (QED) is 0.868. The highest BCUT2D eigenvalue weighted by molar-refractivity contribution is 5.76. The Kier molecular flexibility index (Phi) is 4.08. The largest absolute Gasteiger partial charge is 0.467 e. The second-order valence-electron chi connectivity index (χ2n) is 5.77. The Balaban J connectivity index is 1.85. The number of rotatable bonds is 5. The molecule has 0 aliphatic heterocycles. The zero-order chi connectivity index (χ0) is 17.3. The predicted molar refractivity (Wildman–Crippen MR) is 83.2 cm³/mol. The van der Waals surface area contributed by atoms with Crippen LogP contribution in [0.2, 0.25) is 0 Å². The molecule has 1 saturated carbocycles. The van der Waals surface area contributed by atoms with Crippen molar-refractivity contribution in [1.82, 2.24) is 14.5 Å². The van der Waals surface area contributed by atoms with Crippen LogP contribution in [0.15, 0.2) is 38.6 Å². The van der Waals surface area contributed by atoms with Gasteiger partial charge in [0.05, 0.1) is 12.3 Å². The summed E-state index contributed by atoms with van der Waals surface area (Å²) in [5.41, 5.74) is -1.46. The fourth-order valence-corrected chi connectivity index (χ4v) is 2.49. The first kappa shape index (κ1) is 15.8. The number of nitrogens with zero attached hydrogens (tertiary/aromatic N) is 3. The molecule has 1 N–H and O–H groups in total. The summed E-state index contributed by atoms with van der Waals surface area (Å²) >= 11 is 0. The summed E-state index contributed by atoms with van der Waals surface area (Å²) in [6, 6.07) is 4.81. The first-order valence-corrected chi connectivity index (χ1v) is 7.60. The smallest absolute Gasteiger partial charge is 0.331 e. The maximum absolute atomic E-state index is 12.4. The molecule has 0 radical (unpaired) electrons. The van der Waals surface area contributed by atoms with Crippen LogP contribution in [0, 0.1) is 11.3 Å². The van der Waals surface area contributed by atoms with Crippen molar-refractivity contribution in [1.29, 1.82) is 5.26 Å². The van der Waals surface area contributed by atoms with E-state index in [1.807, 2.05) is 0 Å². The zero-order valence-electron chi connectivity index (χ0n) is 13.1. The lowest BCUT2D eigenvalue weighted by Gasteiger charge is -2.13. The highest BCUT2D eigenvalue weighted by atomic mass is 16.3. The summed E-state index contributed by atoms with van der Waals surface area (Å²) in [7, 11) is 0. The molecule has 2 heterocycles. The van der Waals surface area contributed by atoms with Crippen LogP contribution in [0.5, 0.6) is 0 Å². The first-order chi connectivity index (χ1) is 11.5. The van der Waals surface area contributed by atoms with Gasteiger partial charge in [-0.25, -0.2) is 9.36 Å². The monoisotopic (exact) mass is 328 g/mol. The van der Waals surface area contributed by atoms with Crippen molar-refractivity contribution in [2.24, 2.45) is 0 Å². The van der Waals surface area contributed by atoms with E-state index in [1.54, 1.807) is 25.1 Å². The zero-order valence-corrected chi connectivity index (χ0v) is 13.1. The Morgan fingerprint density at radius 2 is 2.25 bits per heavy atom. The first-order valence-electron chi connectivity index (χ1n) is 7.60. The lowest BCUT2D eigenvalue weighted by atomic mass is 10.2. The molecule has 1 atom stereocenters. The van der Waals surface area contributed by atoms with Crippen LogP contribution in [-0.2, 0) is 11.3 Å². The molecule has 0 unspecified atom stereocenters. The Hall–Kier alpha value is -3.08. The second-order valence-corrected chi connectivity index (χ2v) is 5.77. The van der Waals surface area contributed by atoms with E-state index in [1.165, 1.54) is 17.0 Å². The molecule has 2 aromatic rings. The van der Waals surface area contributed by atoms with Crippen LogP contribution >= 0.6 is 0 Å². The van der Waals surface area contributed by atoms with Crippen LogP contribution in [0.3, 0.4) is 0 Å². The van der Waals surface area contributed by atoms with Gasteiger partial charge in [0.25, 0.3) is 5.56 Å². The molecule has 3 rings (SSSR count). The number of amides is 1. The van der Waals surface area contributed by atoms with Crippen LogP contribution in [0.4, 0.5) is 0 Å². The molecular weight excluding hydrogens is 312 g/mol. The summed E-state index contributed by atoms with van der Waals surface area (Å²) in [6.45, 7) is 1.29. The molecule has 0 spiro atoms. The standard InChI is InChI=1S/C16H16N4O4/c1-10(13-3-2-6-24-13)18-14(21)9-20-15(22)11(7-17)8-19(16(20)23)12-4-5-12/h2-3,6,8,10,12H,4-5,9H2,1H3,(H,18,21)/t10-/m0/s1. The van der Waals surface area contributed by atoms with Gasteiger partial charge >= 0.3 is 5.69 Å². The lowest BCUT2D eigenvalue weighted by Crippen LogP contribution is -2.44. The molecule has 24 heavy (non-hydrogen) atoms. The third-order valence-corrected chi connectivity index (χ3v) is 3.91. The SMILES string of the molecule is C[C@H](NC(=O)Cn1c(=O)c(C#N)cn(C2CC2)c1=O)c1ccco1. The number of nitriles is 1. The molecule has 0 bridgehead atoms. The fourth-order valence-electron chi connectivity index (χ4n) is 2.49. The Morgan fingerprint density at radius 1 is 1.50 bits per heavy atom. The molecule has 1 aliphatic rings. The Labute approximate surface area is 136 Å². The van der Waals surface area contributed by atoms with Crippen molar-refractivity contribution >= 4 is 5.91 Å². The van der Waals surface area contributed by atoms with E-state index in [0.717, 1.165) is 17.4 Å². The normalized spacial score (nSPS) is 14.8. The molecule has 8 heteroatoms. The van der Waals surface area contributed by atoms with Gasteiger partial charge in [0.2, 0.25) is 5.91 Å². The van der Waals surface area contributed by atoms with Crippen molar-refractivity contribution < 1.29 is 9.21 Å². The molecule has 2 aromatic heterocycles. The van der Waals surface area contributed by atoms with Gasteiger partial charge in [0, 0.05) is 12.2 Å². The predicted octanol–water partition coefficient (Wildman–Crippen LogP) is 0.687. The van der Waals surface area contributed by atoms with Crippen molar-refractivity contribution in [3.05, 3.63) is 56.8 Å². The van der Waals surface area contributed by atoms with Gasteiger partial charge in [0.1, 0.15) is 23.9 Å². The van der Waals surface area contributed by atoms with E-state index < -0.39 is 29.7 Å². The minimum atomic E-state index is -0.750. The molecule has 124 valence electrons. The van der Waals surface area contributed by atoms with E-state index in [-0.39, 0.29) is 11.6 Å². The summed E-state index contributed by atoms with van der Waals surface area (Å²) in [5, 5.41) is 11.7. The van der Waals surface area contributed by atoms with Gasteiger partial charge in [-0.1, -0.05) is 0 Å². The average molecular weight is 328 g/mol. The van der Waals surface area contributed by atoms with Crippen molar-refractivity contribution in [3.63, 3.8) is 0 Å². The number of nitrogens with one attached hydrogen (secondary N) is 1. The van der Waals surface area contributed by atoms with Crippen molar-refractivity contribution in [2.45, 2.75) is 38.4 Å². The maximum atomic E-state index is 12.4. The van der Waals surface area contributed by atoms with E-state index in [2.05, 4.69) is 5.32 Å². The Bertz CT molecular complexity index is 913. The van der Waals surface area contributed by atoms with Gasteiger partial charge in [-0.05, 0) is 31.9 Å². The van der Waals surface area contributed by atoms with Gasteiger partial charge in [0.15, 0.2) is 0 Å². The maximum Gasteiger partial charge on any atom is 0.331 e. The highest BCUT2D eigenvalue weighted by Crippen LogP contribution is 2.33. The van der Waals surface area contributed by atoms with Gasteiger partial charge in [-0.3, -0.25) is 14.2 Å². The molecular formula is C16H16N4O4. The summed E-state index contributed by atoms with van der Waals surface area (Å²) < 4.78 is 7.37. The summed E-state index contributed by atoms with van der Waals surface area (Å²) in [6.07, 6.45) is 4.42. The number of carbonyl (C=O) groups is 1. The number of hydrogen-bond acceptors (Lipinski definition) is 5. The Morgan fingerprint density at radius 3 is 2.83 bits per heavy atom. The van der Waals surface area contributed by atoms with E-state index in [0.29, 0.717) is 5.76 Å². The number of hydrogen-bond donors (Lipinski definition) is 1. The number of furan rings is 1. The molecule has 1 amide bonds. The van der Waals surface area contributed by atoms with Crippen LogP contribution < -0.4 is 16.6 Å². The van der Waals surface area contributed by atoms with Gasteiger partial charge in [-0.2, -0.15) is 5.26 Å². The molecule has 1 aliphatic carbocycles. The molecule has 8 nitrogen and oxygen atoms in total. The lowest BCUT2D eigenvalue weighted by molar-refractivity contribution is -0.122. The van der Waals surface area contributed by atoms with Gasteiger partial charge in [-0.15, -0.1) is 0 Å². The number of carbonyl (C=O) groups excluding carboxylic acids is 1. The second kappa shape index (κ2) is 6.20. The van der Waals surface area contributed by atoms with Crippen LogP contribution in [0.1, 0.15) is 43.2 Å². The van der Waals surface area contributed by atoms with Gasteiger partial charge < -0.3 is 9.73 Å². The molecule has 1 fully saturated rings. The molecule has 0 saturated heterocycles. The van der Waals surface area contributed by atoms with E-state index >= 15 is 0 Å². The fraction of sp³-hybridized carbons (Fsp3) is 0.375. The van der Waals surface area contributed by atoms with E-state index in [4.69, 9.17) is 9.68 Å². The van der Waals surface area contributed by atoms with Crippen LogP contribution in [0.25, 0.3) is 0 Å². The summed E-state index contributed by atoms with van der Waals surface area (Å²) in [4.78, 5) is 36.8. The topological polar surface area (TPSA) is 110 Å². The minimum Gasteiger partial charge on any atom is -0.467 e. The minimum absolute atomic E-state index is 0.00144. The van der Waals surface area contributed by atoms with E-state index in [9.17, 15) is 14.4 Å². The highest BCUT2D eigenvalue weighted by Gasteiger charge is 2.27.